The lowest BCUT2D eigenvalue weighted by molar-refractivity contribution is 0.631. The molecule has 0 saturated heterocycles. The number of hydrogen-bond acceptors (Lipinski definition) is 3. The van der Waals surface area contributed by atoms with Gasteiger partial charge in [-0.15, -0.1) is 11.3 Å². The molecule has 0 aliphatic heterocycles. The van der Waals surface area contributed by atoms with E-state index >= 15 is 0 Å². The minimum absolute atomic E-state index is 0.227. The number of thiophene rings is 1. The SMILES string of the molecule is CCCCn1ccnc1NC(C)c1ccc(Cl)s1. The van der Waals surface area contributed by atoms with Crippen molar-refractivity contribution in [3.05, 3.63) is 33.7 Å². The van der Waals surface area contributed by atoms with Crippen LogP contribution in [0.15, 0.2) is 24.5 Å². The second-order valence-electron chi connectivity index (χ2n) is 4.31. The van der Waals surface area contributed by atoms with Crippen LogP contribution in [0.4, 0.5) is 5.95 Å². The molecule has 0 spiro atoms. The van der Waals surface area contributed by atoms with Crippen LogP contribution >= 0.6 is 22.9 Å². The molecule has 0 aliphatic rings. The van der Waals surface area contributed by atoms with Crippen molar-refractivity contribution >= 4 is 28.9 Å². The Kier molecular flexibility index (Phi) is 4.66. The monoisotopic (exact) mass is 283 g/mol. The van der Waals surface area contributed by atoms with E-state index in [1.165, 1.54) is 17.7 Å². The molecule has 0 amide bonds. The lowest BCUT2D eigenvalue weighted by atomic mass is 10.3. The zero-order chi connectivity index (χ0) is 13.0. The Morgan fingerprint density at radius 2 is 2.33 bits per heavy atom. The maximum Gasteiger partial charge on any atom is 0.203 e. The first-order chi connectivity index (χ1) is 8.70. The first kappa shape index (κ1) is 13.4. The number of nitrogens with zero attached hydrogens (tertiary/aromatic N) is 2. The summed E-state index contributed by atoms with van der Waals surface area (Å²) in [7, 11) is 0. The third kappa shape index (κ3) is 3.27. The van der Waals surface area contributed by atoms with Crippen molar-refractivity contribution in [1.29, 1.82) is 0 Å². The van der Waals surface area contributed by atoms with E-state index in [1.54, 1.807) is 11.3 Å². The van der Waals surface area contributed by atoms with E-state index in [1.807, 2.05) is 18.5 Å². The molecule has 0 fully saturated rings. The highest BCUT2D eigenvalue weighted by Gasteiger charge is 2.10. The summed E-state index contributed by atoms with van der Waals surface area (Å²) < 4.78 is 2.99. The second kappa shape index (κ2) is 6.25. The predicted molar refractivity (Wildman–Crippen MR) is 78.5 cm³/mol. The van der Waals surface area contributed by atoms with E-state index in [9.17, 15) is 0 Å². The van der Waals surface area contributed by atoms with Gasteiger partial charge in [-0.1, -0.05) is 24.9 Å². The van der Waals surface area contributed by atoms with Gasteiger partial charge in [-0.2, -0.15) is 0 Å². The van der Waals surface area contributed by atoms with Crippen molar-refractivity contribution in [2.45, 2.75) is 39.3 Å². The van der Waals surface area contributed by atoms with Gasteiger partial charge in [0, 0.05) is 23.8 Å². The molecule has 1 unspecified atom stereocenters. The molecule has 2 aromatic heterocycles. The Morgan fingerprint density at radius 1 is 1.50 bits per heavy atom. The Balaban J connectivity index is 2.02. The smallest absolute Gasteiger partial charge is 0.203 e. The summed E-state index contributed by atoms with van der Waals surface area (Å²) in [5, 5.41) is 3.43. The van der Waals surface area contributed by atoms with E-state index in [0.717, 1.165) is 16.8 Å². The fourth-order valence-electron chi connectivity index (χ4n) is 1.78. The third-order valence-electron chi connectivity index (χ3n) is 2.83. The maximum absolute atomic E-state index is 5.96. The Morgan fingerprint density at radius 3 is 3.00 bits per heavy atom. The standard InChI is InChI=1S/C13H18ClN3S/c1-3-4-8-17-9-7-15-13(17)16-10(2)11-5-6-12(14)18-11/h5-7,9-10H,3-4,8H2,1-2H3,(H,15,16). The van der Waals surface area contributed by atoms with Gasteiger partial charge < -0.3 is 9.88 Å². The highest BCUT2D eigenvalue weighted by molar-refractivity contribution is 7.16. The van der Waals surface area contributed by atoms with Crippen molar-refractivity contribution in [1.82, 2.24) is 9.55 Å². The highest BCUT2D eigenvalue weighted by Crippen LogP contribution is 2.28. The first-order valence-corrected chi connectivity index (χ1v) is 7.43. The number of unbranched alkanes of at least 4 members (excludes halogenated alkanes) is 1. The fraction of sp³-hybridized carbons (Fsp3) is 0.462. The number of anilines is 1. The Bertz CT molecular complexity index is 492. The molecule has 5 heteroatoms. The molecule has 2 rings (SSSR count). The second-order valence-corrected chi connectivity index (χ2v) is 6.05. The van der Waals surface area contributed by atoms with Gasteiger partial charge in [-0.05, 0) is 25.5 Å². The molecule has 98 valence electrons. The molecule has 3 nitrogen and oxygen atoms in total. The summed E-state index contributed by atoms with van der Waals surface area (Å²) in [5.74, 6) is 0.931. The highest BCUT2D eigenvalue weighted by atomic mass is 35.5. The summed E-state index contributed by atoms with van der Waals surface area (Å²) in [5.41, 5.74) is 0. The van der Waals surface area contributed by atoms with Gasteiger partial charge in [0.25, 0.3) is 0 Å². The topological polar surface area (TPSA) is 29.9 Å². The lowest BCUT2D eigenvalue weighted by Gasteiger charge is -2.14. The van der Waals surface area contributed by atoms with Crippen LogP contribution < -0.4 is 5.32 Å². The molecular weight excluding hydrogens is 266 g/mol. The molecule has 0 aromatic carbocycles. The molecular formula is C13H18ClN3S. The van der Waals surface area contributed by atoms with Crippen LogP contribution in [0, 0.1) is 0 Å². The number of aromatic nitrogens is 2. The quantitative estimate of drug-likeness (QED) is 0.841. The van der Waals surface area contributed by atoms with Gasteiger partial charge in [-0.3, -0.25) is 0 Å². The summed E-state index contributed by atoms with van der Waals surface area (Å²) in [6.07, 6.45) is 6.22. The predicted octanol–water partition coefficient (Wildman–Crippen LogP) is 4.57. The van der Waals surface area contributed by atoms with Crippen LogP contribution in [-0.4, -0.2) is 9.55 Å². The van der Waals surface area contributed by atoms with Gasteiger partial charge >= 0.3 is 0 Å². The van der Waals surface area contributed by atoms with Gasteiger partial charge in [0.1, 0.15) is 0 Å². The molecule has 0 radical (unpaired) electrons. The van der Waals surface area contributed by atoms with E-state index < -0.39 is 0 Å². The Hall–Kier alpha value is -1.000. The van der Waals surface area contributed by atoms with Crippen molar-refractivity contribution in [2.75, 3.05) is 5.32 Å². The largest absolute Gasteiger partial charge is 0.348 e. The average molecular weight is 284 g/mol. The van der Waals surface area contributed by atoms with Crippen LogP contribution in [0.2, 0.25) is 4.34 Å². The minimum atomic E-state index is 0.227. The maximum atomic E-state index is 5.96. The van der Waals surface area contributed by atoms with Crippen molar-refractivity contribution in [3.63, 3.8) is 0 Å². The zero-order valence-corrected chi connectivity index (χ0v) is 12.3. The van der Waals surface area contributed by atoms with Gasteiger partial charge in [0.05, 0.1) is 10.4 Å². The third-order valence-corrected chi connectivity index (χ3v) is 4.25. The number of nitrogens with one attached hydrogen (secondary N) is 1. The zero-order valence-electron chi connectivity index (χ0n) is 10.7. The number of imidazole rings is 1. The van der Waals surface area contributed by atoms with Gasteiger partial charge in [-0.25, -0.2) is 4.98 Å². The van der Waals surface area contributed by atoms with Gasteiger partial charge in [0.2, 0.25) is 5.95 Å². The summed E-state index contributed by atoms with van der Waals surface area (Å²) >= 11 is 7.56. The number of rotatable bonds is 6. The summed E-state index contributed by atoms with van der Waals surface area (Å²) in [6, 6.07) is 4.22. The lowest BCUT2D eigenvalue weighted by Crippen LogP contribution is -2.10. The molecule has 0 saturated carbocycles. The van der Waals surface area contributed by atoms with Crippen LogP contribution in [-0.2, 0) is 6.54 Å². The number of halogens is 1. The molecule has 0 bridgehead atoms. The van der Waals surface area contributed by atoms with E-state index in [4.69, 9.17) is 11.6 Å². The number of aryl methyl sites for hydroxylation is 1. The van der Waals surface area contributed by atoms with Crippen molar-refractivity contribution in [2.24, 2.45) is 0 Å². The first-order valence-electron chi connectivity index (χ1n) is 6.23. The molecule has 2 aromatic rings. The van der Waals surface area contributed by atoms with Crippen molar-refractivity contribution in [3.8, 4) is 0 Å². The normalized spacial score (nSPS) is 12.6. The minimum Gasteiger partial charge on any atom is -0.348 e. The molecule has 2 heterocycles. The van der Waals surface area contributed by atoms with Crippen LogP contribution in [0.25, 0.3) is 0 Å². The number of hydrogen-bond donors (Lipinski definition) is 1. The van der Waals surface area contributed by atoms with E-state index in [-0.39, 0.29) is 6.04 Å². The van der Waals surface area contributed by atoms with Crippen LogP contribution in [0.5, 0.6) is 0 Å². The average Bonchev–Trinajstić information content (AvgIpc) is 2.96. The van der Waals surface area contributed by atoms with Crippen LogP contribution in [0.3, 0.4) is 0 Å². The van der Waals surface area contributed by atoms with E-state index in [2.05, 4.69) is 34.8 Å². The fourth-order valence-corrected chi connectivity index (χ4v) is 2.85. The molecule has 1 N–H and O–H groups in total. The summed E-state index contributed by atoms with van der Waals surface area (Å²) in [4.78, 5) is 5.59. The molecule has 0 aliphatic carbocycles. The van der Waals surface area contributed by atoms with Gasteiger partial charge in [0.15, 0.2) is 0 Å². The van der Waals surface area contributed by atoms with Crippen LogP contribution in [0.1, 0.15) is 37.6 Å². The molecule has 18 heavy (non-hydrogen) atoms. The summed E-state index contributed by atoms with van der Waals surface area (Å²) in [6.45, 7) is 5.33. The van der Waals surface area contributed by atoms with Crippen molar-refractivity contribution < 1.29 is 0 Å². The molecule has 1 atom stereocenters. The van der Waals surface area contributed by atoms with E-state index in [0.29, 0.717) is 0 Å². The Labute approximate surface area is 117 Å².